The number of anilines is 1. The highest BCUT2D eigenvalue weighted by Crippen LogP contribution is 2.13. The lowest BCUT2D eigenvalue weighted by atomic mass is 10.5. The molecule has 0 unspecified atom stereocenters. The van der Waals surface area contributed by atoms with Crippen LogP contribution >= 0.6 is 12.6 Å². The molecule has 0 fully saturated rings. The van der Waals surface area contributed by atoms with Crippen molar-refractivity contribution in [2.45, 2.75) is 5.03 Å². The molecule has 1 rings (SSSR count). The van der Waals surface area contributed by atoms with Gasteiger partial charge in [0.15, 0.2) is 5.82 Å². The molecule has 0 aliphatic heterocycles. The lowest BCUT2D eigenvalue weighted by Crippen LogP contribution is -2.37. The summed E-state index contributed by atoms with van der Waals surface area (Å²) in [5.74, 6) is 6.21. The molecule has 7 heteroatoms. The lowest BCUT2D eigenvalue weighted by Gasteiger charge is -2.14. The molecule has 12 heavy (non-hydrogen) atoms. The van der Waals surface area contributed by atoms with Crippen LogP contribution in [0, 0.1) is 0 Å². The number of H-pyrrole nitrogens is 1. The molecular formula is C5H12N6S. The molecule has 0 saturated heterocycles. The van der Waals surface area contributed by atoms with Crippen molar-refractivity contribution >= 4 is 18.4 Å². The second-order valence-corrected chi connectivity index (χ2v) is 2.73. The Morgan fingerprint density at radius 3 is 3.00 bits per heavy atom. The summed E-state index contributed by atoms with van der Waals surface area (Å²) in [5, 5.41) is 14.9. The lowest BCUT2D eigenvalue weighted by molar-refractivity contribution is 0.730. The highest BCUT2D eigenvalue weighted by molar-refractivity contribution is 7.80. The van der Waals surface area contributed by atoms with Crippen molar-refractivity contribution in [1.82, 2.24) is 20.7 Å². The fourth-order valence-electron chi connectivity index (χ4n) is 0.749. The summed E-state index contributed by atoms with van der Waals surface area (Å²) in [4.78, 5) is 0. The molecule has 4 N–H and O–H groups in total. The number of hydrogen-bond acceptors (Lipinski definition) is 6. The molecule has 6 nitrogen and oxygen atoms in total. The van der Waals surface area contributed by atoms with Gasteiger partial charge in [-0.25, -0.2) is 10.9 Å². The molecule has 1 heterocycles. The maximum atomic E-state index is 5.65. The van der Waals surface area contributed by atoms with Gasteiger partial charge >= 0.3 is 0 Å². The Morgan fingerprint density at radius 1 is 1.75 bits per heavy atom. The standard InChI is InChI=1S/C5H12N6S/c1-7-2-3-11(6)4-5(12)9-10-8-4/h7H,2-3,6H2,1H3,(H2,8,9,10,12). The number of nitrogens with two attached hydrogens (primary N) is 1. The Labute approximate surface area is 75.9 Å². The van der Waals surface area contributed by atoms with Crippen molar-refractivity contribution in [3.63, 3.8) is 0 Å². The monoisotopic (exact) mass is 188 g/mol. The number of aromatic amines is 1. The third-order valence-electron chi connectivity index (χ3n) is 1.39. The summed E-state index contributed by atoms with van der Waals surface area (Å²) < 4.78 is 0. The Bertz CT molecular complexity index is 236. The third-order valence-corrected chi connectivity index (χ3v) is 1.69. The van der Waals surface area contributed by atoms with Crippen molar-refractivity contribution in [3.8, 4) is 0 Å². The molecule has 0 radical (unpaired) electrons. The van der Waals surface area contributed by atoms with E-state index in [9.17, 15) is 0 Å². The third kappa shape index (κ3) is 2.10. The van der Waals surface area contributed by atoms with Gasteiger partial charge in [-0.05, 0) is 7.05 Å². The van der Waals surface area contributed by atoms with Crippen LogP contribution in [0.25, 0.3) is 0 Å². The molecule has 0 aromatic carbocycles. The molecule has 0 atom stereocenters. The normalized spacial score (nSPS) is 10.2. The minimum absolute atomic E-state index is 0.564. The fourth-order valence-corrected chi connectivity index (χ4v) is 0.967. The van der Waals surface area contributed by atoms with Gasteiger partial charge in [0.25, 0.3) is 0 Å². The highest BCUT2D eigenvalue weighted by Gasteiger charge is 2.08. The number of nitrogens with zero attached hydrogens (tertiary/aromatic N) is 3. The Morgan fingerprint density at radius 2 is 2.50 bits per heavy atom. The number of rotatable bonds is 4. The van der Waals surface area contributed by atoms with Gasteiger partial charge in [-0.3, -0.25) is 5.01 Å². The van der Waals surface area contributed by atoms with E-state index in [-0.39, 0.29) is 0 Å². The second kappa shape index (κ2) is 4.29. The van der Waals surface area contributed by atoms with E-state index in [2.05, 4.69) is 33.4 Å². The Balaban J connectivity index is 2.52. The van der Waals surface area contributed by atoms with E-state index in [4.69, 9.17) is 5.84 Å². The van der Waals surface area contributed by atoms with Gasteiger partial charge in [0.2, 0.25) is 0 Å². The molecule has 0 bridgehead atoms. The molecule has 0 saturated carbocycles. The van der Waals surface area contributed by atoms with Crippen LogP contribution in [0.1, 0.15) is 0 Å². The quantitative estimate of drug-likeness (QED) is 0.276. The summed E-state index contributed by atoms with van der Waals surface area (Å²) in [6.45, 7) is 1.45. The van der Waals surface area contributed by atoms with Crippen LogP contribution in [0.5, 0.6) is 0 Å². The van der Waals surface area contributed by atoms with Gasteiger partial charge < -0.3 is 5.32 Å². The number of aromatic nitrogens is 3. The molecule has 1 aromatic heterocycles. The fraction of sp³-hybridized carbons (Fsp3) is 0.600. The van der Waals surface area contributed by atoms with Gasteiger partial charge in [0.1, 0.15) is 5.03 Å². The molecule has 0 spiro atoms. The first-order valence-electron chi connectivity index (χ1n) is 3.52. The Hall–Kier alpha value is -0.790. The number of nitrogens with one attached hydrogen (secondary N) is 2. The van der Waals surface area contributed by atoms with Crippen molar-refractivity contribution in [1.29, 1.82) is 0 Å². The number of thiol groups is 1. The predicted molar refractivity (Wildman–Crippen MR) is 49.1 cm³/mol. The molecule has 68 valence electrons. The number of likely N-dealkylation sites (N-methyl/N-ethyl adjacent to an activating group) is 1. The Kier molecular flexibility index (Phi) is 3.32. The van der Waals surface area contributed by atoms with Gasteiger partial charge in [-0.1, -0.05) is 5.21 Å². The van der Waals surface area contributed by atoms with E-state index in [1.165, 1.54) is 5.01 Å². The summed E-state index contributed by atoms with van der Waals surface area (Å²) in [6.07, 6.45) is 0. The van der Waals surface area contributed by atoms with Crippen LogP contribution in [0.2, 0.25) is 0 Å². The minimum Gasteiger partial charge on any atom is -0.318 e. The summed E-state index contributed by atoms with van der Waals surface area (Å²) in [7, 11) is 1.86. The zero-order valence-electron chi connectivity index (χ0n) is 6.78. The van der Waals surface area contributed by atoms with E-state index in [1.54, 1.807) is 0 Å². The van der Waals surface area contributed by atoms with Gasteiger partial charge in [-0.2, -0.15) is 0 Å². The van der Waals surface area contributed by atoms with Gasteiger partial charge in [0, 0.05) is 13.1 Å². The van der Waals surface area contributed by atoms with E-state index in [0.29, 0.717) is 17.4 Å². The maximum absolute atomic E-state index is 5.65. The number of hydrogen-bond donors (Lipinski definition) is 4. The predicted octanol–water partition coefficient (Wildman–Crippen LogP) is -1.01. The van der Waals surface area contributed by atoms with E-state index in [0.717, 1.165) is 6.54 Å². The van der Waals surface area contributed by atoms with Crippen molar-refractivity contribution in [2.24, 2.45) is 5.84 Å². The zero-order chi connectivity index (χ0) is 8.97. The van der Waals surface area contributed by atoms with Crippen LogP contribution in [0.4, 0.5) is 5.82 Å². The van der Waals surface area contributed by atoms with Gasteiger partial charge in [0.05, 0.1) is 0 Å². The first-order valence-corrected chi connectivity index (χ1v) is 3.97. The van der Waals surface area contributed by atoms with Crippen LogP contribution < -0.4 is 16.2 Å². The molecular weight excluding hydrogens is 176 g/mol. The summed E-state index contributed by atoms with van der Waals surface area (Å²) in [5.41, 5.74) is 0. The topological polar surface area (TPSA) is 82.9 Å². The average Bonchev–Trinajstić information content (AvgIpc) is 2.47. The second-order valence-electron chi connectivity index (χ2n) is 2.28. The minimum atomic E-state index is 0.564. The SMILES string of the molecule is CNCCN(N)c1nn[nH]c1S. The van der Waals surface area contributed by atoms with Crippen molar-refractivity contribution in [2.75, 3.05) is 25.1 Å². The van der Waals surface area contributed by atoms with Crippen LogP contribution in [0.15, 0.2) is 5.03 Å². The highest BCUT2D eigenvalue weighted by atomic mass is 32.1. The molecule has 0 aliphatic rings. The molecule has 1 aromatic rings. The van der Waals surface area contributed by atoms with Crippen LogP contribution in [0.3, 0.4) is 0 Å². The largest absolute Gasteiger partial charge is 0.318 e. The average molecular weight is 188 g/mol. The van der Waals surface area contributed by atoms with E-state index in [1.807, 2.05) is 7.05 Å². The van der Waals surface area contributed by atoms with Crippen LogP contribution in [-0.2, 0) is 0 Å². The smallest absolute Gasteiger partial charge is 0.198 e. The van der Waals surface area contributed by atoms with Crippen molar-refractivity contribution in [3.05, 3.63) is 0 Å². The van der Waals surface area contributed by atoms with Crippen LogP contribution in [-0.4, -0.2) is 35.5 Å². The first-order chi connectivity index (χ1) is 5.75. The van der Waals surface area contributed by atoms with E-state index < -0.39 is 0 Å². The zero-order valence-corrected chi connectivity index (χ0v) is 7.67. The maximum Gasteiger partial charge on any atom is 0.198 e. The molecule has 0 aliphatic carbocycles. The molecule has 0 amide bonds. The summed E-state index contributed by atoms with van der Waals surface area (Å²) in [6, 6.07) is 0. The first kappa shape index (κ1) is 9.30. The van der Waals surface area contributed by atoms with Gasteiger partial charge in [-0.15, -0.1) is 17.7 Å². The van der Waals surface area contributed by atoms with Crippen molar-refractivity contribution < 1.29 is 0 Å². The van der Waals surface area contributed by atoms with E-state index >= 15 is 0 Å². The number of hydrazine groups is 1. The summed E-state index contributed by atoms with van der Waals surface area (Å²) >= 11 is 4.09.